The summed E-state index contributed by atoms with van der Waals surface area (Å²) in [5.74, 6) is -1.08. The third-order valence-electron chi connectivity index (χ3n) is 5.87. The molecule has 1 heterocycles. The number of unbranched alkanes of at least 4 members (excludes halogenated alkanes) is 13. The molecular formula is C25H45NO6. The molecule has 0 aromatic carbocycles. The number of esters is 2. The number of carbonyl (C=O) groups excluding carboxylic acids is 3. The minimum absolute atomic E-state index is 0.176. The van der Waals surface area contributed by atoms with Crippen LogP contribution < -0.4 is 5.32 Å². The van der Waals surface area contributed by atoms with Crippen molar-refractivity contribution >= 4 is 17.8 Å². The molecule has 7 nitrogen and oxygen atoms in total. The average molecular weight is 456 g/mol. The Kier molecular flexibility index (Phi) is 16.8. The number of hydrogen-bond acceptors (Lipinski definition) is 6. The first-order valence-corrected chi connectivity index (χ1v) is 12.8. The van der Waals surface area contributed by atoms with Gasteiger partial charge in [-0.1, -0.05) is 90.4 Å². The van der Waals surface area contributed by atoms with E-state index in [1.807, 2.05) is 0 Å². The Labute approximate surface area is 194 Å². The molecule has 0 aromatic rings. The predicted molar refractivity (Wildman–Crippen MR) is 124 cm³/mol. The van der Waals surface area contributed by atoms with Gasteiger partial charge in [0, 0.05) is 12.8 Å². The van der Waals surface area contributed by atoms with Crippen LogP contribution in [0.1, 0.15) is 116 Å². The van der Waals surface area contributed by atoms with Gasteiger partial charge in [-0.3, -0.25) is 9.59 Å². The Balaban J connectivity index is 1.85. The lowest BCUT2D eigenvalue weighted by molar-refractivity contribution is -0.154. The number of nitrogens with one attached hydrogen (secondary N) is 1. The number of amides is 1. The van der Waals surface area contributed by atoms with Gasteiger partial charge < -0.3 is 19.9 Å². The van der Waals surface area contributed by atoms with Crippen LogP contribution in [-0.4, -0.2) is 48.3 Å². The van der Waals surface area contributed by atoms with E-state index < -0.39 is 18.1 Å². The molecule has 186 valence electrons. The molecule has 1 rings (SSSR count). The maximum absolute atomic E-state index is 11.8. The van der Waals surface area contributed by atoms with Gasteiger partial charge in [-0.15, -0.1) is 0 Å². The van der Waals surface area contributed by atoms with E-state index in [4.69, 9.17) is 9.47 Å². The highest BCUT2D eigenvalue weighted by atomic mass is 16.6. The molecule has 0 radical (unpaired) electrons. The molecule has 0 spiro atoms. The fraction of sp³-hybridized carbons (Fsp3) is 0.880. The molecule has 0 aliphatic carbocycles. The van der Waals surface area contributed by atoms with E-state index in [0.717, 1.165) is 19.3 Å². The van der Waals surface area contributed by atoms with E-state index in [1.54, 1.807) is 0 Å². The Bertz CT molecular complexity index is 525. The number of ether oxygens (including phenoxy) is 2. The van der Waals surface area contributed by atoms with Crippen molar-refractivity contribution in [3.8, 4) is 0 Å². The third kappa shape index (κ3) is 15.2. The Morgan fingerprint density at radius 3 is 1.88 bits per heavy atom. The van der Waals surface area contributed by atoms with E-state index in [2.05, 4.69) is 12.2 Å². The number of aliphatic hydroxyl groups excluding tert-OH is 1. The minimum atomic E-state index is -1.06. The SMILES string of the molecule is CCCCCCCCCCCCCCCCC(=O)OCC(O)COC(=O)[C@H]1CCC(=O)N1. The first kappa shape index (κ1) is 28.4. The summed E-state index contributed by atoms with van der Waals surface area (Å²) < 4.78 is 10.0. The lowest BCUT2D eigenvalue weighted by Crippen LogP contribution is -2.36. The minimum Gasteiger partial charge on any atom is -0.463 e. The Hall–Kier alpha value is -1.63. The molecule has 1 unspecified atom stereocenters. The standard InChI is InChI=1S/C25H45NO6/c1-2-3-4-5-6-7-8-9-10-11-12-13-14-15-16-24(29)31-19-21(27)20-32-25(30)22-17-18-23(28)26-22/h21-22,27H,2-20H2,1H3,(H,26,28)/t21?,22-/m1/s1. The summed E-state index contributed by atoms with van der Waals surface area (Å²) >= 11 is 0. The molecule has 1 aliphatic heterocycles. The molecule has 2 atom stereocenters. The van der Waals surface area contributed by atoms with Crippen molar-refractivity contribution in [2.45, 2.75) is 128 Å². The molecule has 1 fully saturated rings. The van der Waals surface area contributed by atoms with Crippen molar-refractivity contribution in [2.75, 3.05) is 13.2 Å². The number of rotatable bonds is 20. The molecule has 2 N–H and O–H groups in total. The van der Waals surface area contributed by atoms with E-state index >= 15 is 0 Å². The summed E-state index contributed by atoms with van der Waals surface area (Å²) in [4.78, 5) is 34.6. The maximum Gasteiger partial charge on any atom is 0.328 e. The summed E-state index contributed by atoms with van der Waals surface area (Å²) in [5.41, 5.74) is 0. The van der Waals surface area contributed by atoms with Gasteiger partial charge in [-0.2, -0.15) is 0 Å². The first-order chi connectivity index (χ1) is 15.5. The maximum atomic E-state index is 11.8. The molecule has 0 saturated carbocycles. The summed E-state index contributed by atoms with van der Waals surface area (Å²) in [5, 5.41) is 12.3. The van der Waals surface area contributed by atoms with Crippen LogP contribution in [0.3, 0.4) is 0 Å². The quantitative estimate of drug-likeness (QED) is 0.206. The largest absolute Gasteiger partial charge is 0.463 e. The zero-order valence-corrected chi connectivity index (χ0v) is 20.1. The number of hydrogen-bond donors (Lipinski definition) is 2. The molecule has 1 saturated heterocycles. The average Bonchev–Trinajstić information content (AvgIpc) is 3.22. The Morgan fingerprint density at radius 1 is 0.875 bits per heavy atom. The van der Waals surface area contributed by atoms with Crippen LogP contribution in [0.2, 0.25) is 0 Å². The van der Waals surface area contributed by atoms with Gasteiger partial charge in [-0.05, 0) is 12.8 Å². The summed E-state index contributed by atoms with van der Waals surface area (Å²) in [6, 6.07) is -0.641. The number of aliphatic hydroxyl groups is 1. The van der Waals surface area contributed by atoms with Crippen LogP contribution in [-0.2, 0) is 23.9 Å². The van der Waals surface area contributed by atoms with E-state index in [9.17, 15) is 19.5 Å². The highest BCUT2D eigenvalue weighted by Gasteiger charge is 2.28. The van der Waals surface area contributed by atoms with Crippen molar-refractivity contribution in [3.05, 3.63) is 0 Å². The molecular weight excluding hydrogens is 410 g/mol. The Morgan fingerprint density at radius 2 is 1.38 bits per heavy atom. The van der Waals surface area contributed by atoms with Crippen molar-refractivity contribution in [1.82, 2.24) is 5.32 Å². The number of carbonyl (C=O) groups is 3. The smallest absolute Gasteiger partial charge is 0.328 e. The zero-order chi connectivity index (χ0) is 23.4. The van der Waals surface area contributed by atoms with Gasteiger partial charge in [-0.25, -0.2) is 4.79 Å². The molecule has 32 heavy (non-hydrogen) atoms. The highest BCUT2D eigenvalue weighted by molar-refractivity contribution is 5.88. The van der Waals surface area contributed by atoms with Crippen molar-refractivity contribution in [1.29, 1.82) is 0 Å². The normalized spacial score (nSPS) is 16.6. The first-order valence-electron chi connectivity index (χ1n) is 12.8. The molecule has 7 heteroatoms. The fourth-order valence-electron chi connectivity index (χ4n) is 3.84. The van der Waals surface area contributed by atoms with Crippen molar-refractivity contribution in [3.63, 3.8) is 0 Å². The van der Waals surface area contributed by atoms with Crippen LogP contribution in [0.25, 0.3) is 0 Å². The molecule has 0 aromatic heterocycles. The van der Waals surface area contributed by atoms with Crippen LogP contribution in [0.4, 0.5) is 0 Å². The highest BCUT2D eigenvalue weighted by Crippen LogP contribution is 2.13. The molecule has 0 bridgehead atoms. The second-order valence-electron chi connectivity index (χ2n) is 8.97. The second kappa shape index (κ2) is 18.9. The zero-order valence-electron chi connectivity index (χ0n) is 20.1. The lowest BCUT2D eigenvalue weighted by Gasteiger charge is -2.14. The third-order valence-corrected chi connectivity index (χ3v) is 5.87. The topological polar surface area (TPSA) is 102 Å². The summed E-state index contributed by atoms with van der Waals surface area (Å²) in [6.07, 6.45) is 17.7. The molecule has 1 aliphatic rings. The van der Waals surface area contributed by atoms with Gasteiger partial charge in [0.2, 0.25) is 5.91 Å². The monoisotopic (exact) mass is 455 g/mol. The van der Waals surface area contributed by atoms with Crippen LogP contribution in [0, 0.1) is 0 Å². The van der Waals surface area contributed by atoms with Gasteiger partial charge in [0.05, 0.1) is 0 Å². The van der Waals surface area contributed by atoms with Gasteiger partial charge in [0.15, 0.2) is 0 Å². The van der Waals surface area contributed by atoms with Gasteiger partial charge in [0.25, 0.3) is 0 Å². The summed E-state index contributed by atoms with van der Waals surface area (Å²) in [7, 11) is 0. The summed E-state index contributed by atoms with van der Waals surface area (Å²) in [6.45, 7) is 1.81. The van der Waals surface area contributed by atoms with Crippen LogP contribution >= 0.6 is 0 Å². The van der Waals surface area contributed by atoms with Gasteiger partial charge >= 0.3 is 11.9 Å². The van der Waals surface area contributed by atoms with Crippen LogP contribution in [0.15, 0.2) is 0 Å². The van der Waals surface area contributed by atoms with Crippen molar-refractivity contribution < 1.29 is 29.0 Å². The second-order valence-corrected chi connectivity index (χ2v) is 8.97. The predicted octanol–water partition coefficient (Wildman–Crippen LogP) is 4.58. The van der Waals surface area contributed by atoms with E-state index in [0.29, 0.717) is 19.3 Å². The van der Waals surface area contributed by atoms with Gasteiger partial charge in [0.1, 0.15) is 25.4 Å². The van der Waals surface area contributed by atoms with Crippen LogP contribution in [0.5, 0.6) is 0 Å². The fourth-order valence-corrected chi connectivity index (χ4v) is 3.84. The van der Waals surface area contributed by atoms with E-state index in [1.165, 1.54) is 70.6 Å². The van der Waals surface area contributed by atoms with E-state index in [-0.39, 0.29) is 25.1 Å². The molecule has 1 amide bonds. The lowest BCUT2D eigenvalue weighted by atomic mass is 10.0. The van der Waals surface area contributed by atoms with Crippen molar-refractivity contribution in [2.24, 2.45) is 0 Å².